The third-order valence-corrected chi connectivity index (χ3v) is 0.671. The van der Waals surface area contributed by atoms with Crippen LogP contribution in [0.15, 0.2) is 24.3 Å². The average molecular weight is 118 g/mol. The summed E-state index contributed by atoms with van der Waals surface area (Å²) >= 11 is 0. The molecule has 2 heteroatoms. The normalized spacial score (nSPS) is 7.62. The number of benzene rings is 1. The quantitative estimate of drug-likeness (QED) is 0.291. The first kappa shape index (κ1) is 8.15. The van der Waals surface area contributed by atoms with Crippen LogP contribution >= 0.6 is 0 Å². The first-order chi connectivity index (χ1) is 3.39. The summed E-state index contributed by atoms with van der Waals surface area (Å²) in [5.74, 6) is -0.303. The van der Waals surface area contributed by atoms with E-state index in [0.717, 1.165) is 0 Å². The third-order valence-electron chi connectivity index (χ3n) is 0.671. The average Bonchev–Trinajstić information content (AvgIpc) is 1.69. The van der Waals surface area contributed by atoms with Crippen molar-refractivity contribution >= 4 is 0 Å². The standard InChI is InChI=1S/C6H4F.Na/c7-6-4-2-1-3-5-6;/h1-4H;/q-1;+1. The number of hydrogen-bond donors (Lipinski definition) is 0. The number of halogens is 1. The van der Waals surface area contributed by atoms with Crippen LogP contribution in [-0.4, -0.2) is 0 Å². The van der Waals surface area contributed by atoms with E-state index in [4.69, 9.17) is 0 Å². The van der Waals surface area contributed by atoms with Crippen molar-refractivity contribution in [1.29, 1.82) is 0 Å². The van der Waals surface area contributed by atoms with Crippen molar-refractivity contribution in [3.05, 3.63) is 36.1 Å². The Hall–Kier alpha value is 0.150. The van der Waals surface area contributed by atoms with E-state index < -0.39 is 0 Å². The number of rotatable bonds is 0. The molecular formula is C6H4FNa. The minimum Gasteiger partial charge on any atom is -0.236 e. The summed E-state index contributed by atoms with van der Waals surface area (Å²) in [7, 11) is 0. The first-order valence-electron chi connectivity index (χ1n) is 2.02. The maximum absolute atomic E-state index is 11.9. The van der Waals surface area contributed by atoms with Crippen molar-refractivity contribution < 1.29 is 33.9 Å². The van der Waals surface area contributed by atoms with Crippen molar-refractivity contribution in [2.45, 2.75) is 0 Å². The molecule has 0 spiro atoms. The summed E-state index contributed by atoms with van der Waals surface area (Å²) < 4.78 is 11.9. The molecular weight excluding hydrogens is 114 g/mol. The van der Waals surface area contributed by atoms with Gasteiger partial charge >= 0.3 is 29.6 Å². The summed E-state index contributed by atoms with van der Waals surface area (Å²) in [6, 6.07) is 8.62. The van der Waals surface area contributed by atoms with Gasteiger partial charge in [0, 0.05) is 5.82 Å². The van der Waals surface area contributed by atoms with E-state index in [1.807, 2.05) is 0 Å². The molecule has 0 unspecified atom stereocenters. The van der Waals surface area contributed by atoms with E-state index >= 15 is 0 Å². The van der Waals surface area contributed by atoms with Gasteiger partial charge in [-0.15, -0.1) is 12.1 Å². The van der Waals surface area contributed by atoms with Crippen LogP contribution in [0.2, 0.25) is 0 Å². The van der Waals surface area contributed by atoms with E-state index in [0.29, 0.717) is 0 Å². The Balaban J connectivity index is 0.000000490. The molecule has 0 atom stereocenters. The fourth-order valence-electron chi connectivity index (χ4n) is 0.371. The Bertz CT molecular complexity index is 138. The molecule has 0 aliphatic heterocycles. The van der Waals surface area contributed by atoms with Gasteiger partial charge in [0.1, 0.15) is 0 Å². The van der Waals surface area contributed by atoms with Gasteiger partial charge in [-0.2, -0.15) is 18.2 Å². The molecule has 0 saturated heterocycles. The van der Waals surface area contributed by atoms with E-state index in [1.165, 1.54) is 12.1 Å². The van der Waals surface area contributed by atoms with Gasteiger partial charge in [-0.05, 0) is 0 Å². The van der Waals surface area contributed by atoms with Gasteiger partial charge in [0.15, 0.2) is 0 Å². The van der Waals surface area contributed by atoms with Crippen LogP contribution in [0.25, 0.3) is 0 Å². The van der Waals surface area contributed by atoms with Gasteiger partial charge in [-0.25, -0.2) is 4.39 Å². The maximum atomic E-state index is 11.9. The Morgan fingerprint density at radius 1 is 1.38 bits per heavy atom. The zero-order chi connectivity index (χ0) is 5.11. The molecule has 0 nitrogen and oxygen atoms in total. The summed E-state index contributed by atoms with van der Waals surface area (Å²) in [5.41, 5.74) is 0. The number of hydrogen-bond acceptors (Lipinski definition) is 0. The molecule has 0 saturated carbocycles. The molecule has 0 heterocycles. The maximum Gasteiger partial charge on any atom is 1.00 e. The van der Waals surface area contributed by atoms with Gasteiger partial charge < -0.3 is 0 Å². The molecule has 1 aromatic carbocycles. The summed E-state index contributed by atoms with van der Waals surface area (Å²) in [6.07, 6.45) is 0. The molecule has 0 radical (unpaired) electrons. The molecule has 0 N–H and O–H groups in total. The van der Waals surface area contributed by atoms with Crippen LogP contribution < -0.4 is 29.6 Å². The van der Waals surface area contributed by atoms with Crippen molar-refractivity contribution in [3.8, 4) is 0 Å². The molecule has 0 aromatic heterocycles. The van der Waals surface area contributed by atoms with Gasteiger partial charge in [0.05, 0.1) is 0 Å². The van der Waals surface area contributed by atoms with Crippen molar-refractivity contribution in [1.82, 2.24) is 0 Å². The molecule has 36 valence electrons. The minimum absolute atomic E-state index is 0. The zero-order valence-corrected chi connectivity index (χ0v) is 6.69. The molecule has 0 bridgehead atoms. The fourth-order valence-corrected chi connectivity index (χ4v) is 0.371. The Morgan fingerprint density at radius 2 is 2.12 bits per heavy atom. The SMILES string of the molecule is Fc1[c-]cccc1.[Na+]. The second kappa shape index (κ2) is 4.07. The Labute approximate surface area is 70.0 Å². The van der Waals surface area contributed by atoms with Gasteiger partial charge in [-0.3, -0.25) is 0 Å². The van der Waals surface area contributed by atoms with Gasteiger partial charge in [0.25, 0.3) is 0 Å². The van der Waals surface area contributed by atoms with Gasteiger partial charge in [0.2, 0.25) is 0 Å². The first-order valence-corrected chi connectivity index (χ1v) is 2.02. The molecule has 8 heavy (non-hydrogen) atoms. The van der Waals surface area contributed by atoms with Crippen molar-refractivity contribution in [2.75, 3.05) is 0 Å². The fraction of sp³-hybridized carbons (Fsp3) is 0. The van der Waals surface area contributed by atoms with E-state index in [1.54, 1.807) is 12.1 Å². The second-order valence-corrected chi connectivity index (χ2v) is 1.21. The molecule has 0 amide bonds. The monoisotopic (exact) mass is 118 g/mol. The largest absolute Gasteiger partial charge is 1.00 e. The van der Waals surface area contributed by atoms with Crippen LogP contribution in [0, 0.1) is 11.9 Å². The van der Waals surface area contributed by atoms with E-state index in [-0.39, 0.29) is 35.4 Å². The summed E-state index contributed by atoms with van der Waals surface area (Å²) in [6.45, 7) is 0. The summed E-state index contributed by atoms with van der Waals surface area (Å²) in [5, 5.41) is 0. The Kier molecular flexibility index (Phi) is 4.15. The molecule has 0 fully saturated rings. The second-order valence-electron chi connectivity index (χ2n) is 1.21. The minimum atomic E-state index is -0.303. The Morgan fingerprint density at radius 3 is 2.38 bits per heavy atom. The van der Waals surface area contributed by atoms with Crippen LogP contribution in [-0.2, 0) is 0 Å². The van der Waals surface area contributed by atoms with E-state index in [2.05, 4.69) is 6.07 Å². The van der Waals surface area contributed by atoms with Crippen molar-refractivity contribution in [3.63, 3.8) is 0 Å². The van der Waals surface area contributed by atoms with Crippen LogP contribution in [0.4, 0.5) is 4.39 Å². The topological polar surface area (TPSA) is 0 Å². The van der Waals surface area contributed by atoms with Crippen LogP contribution in [0.1, 0.15) is 0 Å². The van der Waals surface area contributed by atoms with Crippen LogP contribution in [0.5, 0.6) is 0 Å². The zero-order valence-electron chi connectivity index (χ0n) is 4.69. The molecule has 0 aliphatic rings. The summed E-state index contributed by atoms with van der Waals surface area (Å²) in [4.78, 5) is 0. The molecule has 0 aliphatic carbocycles. The molecule has 1 rings (SSSR count). The van der Waals surface area contributed by atoms with Crippen molar-refractivity contribution in [2.24, 2.45) is 0 Å². The van der Waals surface area contributed by atoms with Crippen LogP contribution in [0.3, 0.4) is 0 Å². The van der Waals surface area contributed by atoms with Gasteiger partial charge in [-0.1, -0.05) is 0 Å². The third kappa shape index (κ3) is 2.46. The predicted molar refractivity (Wildman–Crippen MR) is 25.2 cm³/mol. The smallest absolute Gasteiger partial charge is 0.236 e. The molecule has 1 aromatic rings. The predicted octanol–water partition coefficient (Wildman–Crippen LogP) is -1.37. The van der Waals surface area contributed by atoms with E-state index in [9.17, 15) is 4.39 Å².